The van der Waals surface area contributed by atoms with E-state index in [2.05, 4.69) is 6.58 Å². The van der Waals surface area contributed by atoms with Gasteiger partial charge in [0.15, 0.2) is 0 Å². The number of hydrogen-bond acceptors (Lipinski definition) is 3. The normalized spacial score (nSPS) is 14.0. The number of aldehydes is 1. The summed E-state index contributed by atoms with van der Waals surface area (Å²) in [7, 11) is 0. The molecule has 86 valence electrons. The Bertz CT molecular complexity index is 213. The summed E-state index contributed by atoms with van der Waals surface area (Å²) in [6.45, 7) is 7.69. The van der Waals surface area contributed by atoms with Gasteiger partial charge < -0.3 is 9.53 Å². The second-order valence-corrected chi connectivity index (χ2v) is 3.84. The molecule has 0 aliphatic rings. The number of carbonyl (C=O) groups excluding carboxylic acids is 2. The molecule has 0 amide bonds. The van der Waals surface area contributed by atoms with Crippen molar-refractivity contribution in [2.24, 2.45) is 5.41 Å². The lowest BCUT2D eigenvalue weighted by molar-refractivity contribution is -0.143. The van der Waals surface area contributed by atoms with E-state index in [9.17, 15) is 9.59 Å². The molecule has 3 heteroatoms. The maximum atomic E-state index is 11.0. The molecule has 1 atom stereocenters. The van der Waals surface area contributed by atoms with Gasteiger partial charge in [-0.3, -0.25) is 4.79 Å². The smallest absolute Gasteiger partial charge is 0.305 e. The third-order valence-corrected chi connectivity index (χ3v) is 2.39. The van der Waals surface area contributed by atoms with Crippen molar-refractivity contribution < 1.29 is 14.3 Å². The van der Waals surface area contributed by atoms with Crippen molar-refractivity contribution in [3.63, 3.8) is 0 Å². The van der Waals surface area contributed by atoms with Crippen molar-refractivity contribution in [2.45, 2.75) is 39.5 Å². The van der Waals surface area contributed by atoms with Crippen LogP contribution in [0.4, 0.5) is 0 Å². The molecule has 0 aliphatic heterocycles. The summed E-state index contributed by atoms with van der Waals surface area (Å²) in [6, 6.07) is 0. The molecule has 0 aromatic heterocycles. The molecule has 0 fully saturated rings. The lowest BCUT2D eigenvalue weighted by Gasteiger charge is -2.17. The molecule has 0 bridgehead atoms. The second kappa shape index (κ2) is 7.21. The Kier molecular flexibility index (Phi) is 6.67. The number of rotatable bonds is 8. The van der Waals surface area contributed by atoms with Crippen LogP contribution >= 0.6 is 0 Å². The molecule has 0 rings (SSSR count). The van der Waals surface area contributed by atoms with E-state index < -0.39 is 5.41 Å². The Morgan fingerprint density at radius 1 is 1.47 bits per heavy atom. The number of unbranched alkanes of at least 4 members (excludes halogenated alkanes) is 1. The highest BCUT2D eigenvalue weighted by Crippen LogP contribution is 2.22. The van der Waals surface area contributed by atoms with Crippen LogP contribution in [-0.2, 0) is 14.3 Å². The SMILES string of the molecule is C=C[C@@](C)(C=O)CCCCC(=O)OCC. The van der Waals surface area contributed by atoms with Crippen molar-refractivity contribution in [1.29, 1.82) is 0 Å². The summed E-state index contributed by atoms with van der Waals surface area (Å²) in [5, 5.41) is 0. The third kappa shape index (κ3) is 6.05. The van der Waals surface area contributed by atoms with Gasteiger partial charge in [0.25, 0.3) is 0 Å². The van der Waals surface area contributed by atoms with Crippen LogP contribution in [0.2, 0.25) is 0 Å². The average molecular weight is 212 g/mol. The summed E-state index contributed by atoms with van der Waals surface area (Å²) < 4.78 is 4.80. The van der Waals surface area contributed by atoms with Crippen molar-refractivity contribution in [3.8, 4) is 0 Å². The fraction of sp³-hybridized carbons (Fsp3) is 0.667. The quantitative estimate of drug-likeness (QED) is 0.269. The Morgan fingerprint density at radius 3 is 2.60 bits per heavy atom. The van der Waals surface area contributed by atoms with Crippen LogP contribution in [0.25, 0.3) is 0 Å². The van der Waals surface area contributed by atoms with Crippen molar-refractivity contribution >= 4 is 12.3 Å². The molecule has 0 N–H and O–H groups in total. The van der Waals surface area contributed by atoms with E-state index in [-0.39, 0.29) is 5.97 Å². The van der Waals surface area contributed by atoms with Gasteiger partial charge in [0, 0.05) is 11.8 Å². The minimum absolute atomic E-state index is 0.163. The lowest BCUT2D eigenvalue weighted by atomic mass is 9.86. The molecule has 0 aromatic rings. The predicted molar refractivity (Wildman–Crippen MR) is 59.5 cm³/mol. The van der Waals surface area contributed by atoms with Gasteiger partial charge in [-0.25, -0.2) is 0 Å². The van der Waals surface area contributed by atoms with Crippen LogP contribution in [-0.4, -0.2) is 18.9 Å². The van der Waals surface area contributed by atoms with Gasteiger partial charge in [-0.15, -0.1) is 6.58 Å². The first kappa shape index (κ1) is 13.9. The number of esters is 1. The van der Waals surface area contributed by atoms with E-state index in [1.54, 1.807) is 13.0 Å². The second-order valence-electron chi connectivity index (χ2n) is 3.84. The van der Waals surface area contributed by atoms with Crippen molar-refractivity contribution in [1.82, 2.24) is 0 Å². The maximum Gasteiger partial charge on any atom is 0.305 e. The van der Waals surface area contributed by atoms with Crippen LogP contribution < -0.4 is 0 Å². The van der Waals surface area contributed by atoms with Gasteiger partial charge in [-0.1, -0.05) is 12.5 Å². The molecule has 0 saturated heterocycles. The molecule has 0 radical (unpaired) electrons. The first-order valence-corrected chi connectivity index (χ1v) is 5.33. The number of allylic oxidation sites excluding steroid dienone is 1. The molecule has 0 aliphatic carbocycles. The lowest BCUT2D eigenvalue weighted by Crippen LogP contribution is -2.14. The summed E-state index contributed by atoms with van der Waals surface area (Å²) in [5.74, 6) is -0.163. The molecule has 15 heavy (non-hydrogen) atoms. The highest BCUT2D eigenvalue weighted by atomic mass is 16.5. The van der Waals surface area contributed by atoms with Gasteiger partial charge in [0.1, 0.15) is 6.29 Å². The van der Waals surface area contributed by atoms with Crippen LogP contribution in [0.1, 0.15) is 39.5 Å². The van der Waals surface area contributed by atoms with Gasteiger partial charge >= 0.3 is 5.97 Å². The van der Waals surface area contributed by atoms with E-state index in [0.717, 1.165) is 25.5 Å². The highest BCUT2D eigenvalue weighted by Gasteiger charge is 2.18. The van der Waals surface area contributed by atoms with E-state index in [0.29, 0.717) is 13.0 Å². The first-order valence-electron chi connectivity index (χ1n) is 5.33. The molecule has 0 aromatic carbocycles. The van der Waals surface area contributed by atoms with Crippen molar-refractivity contribution in [2.75, 3.05) is 6.61 Å². The van der Waals surface area contributed by atoms with Crippen molar-refractivity contribution in [3.05, 3.63) is 12.7 Å². The summed E-state index contributed by atoms with van der Waals surface area (Å²) in [6.07, 6.45) is 5.32. The summed E-state index contributed by atoms with van der Waals surface area (Å²) >= 11 is 0. The molecule has 0 spiro atoms. The average Bonchev–Trinajstić information content (AvgIpc) is 2.24. The molecular formula is C12H20O3. The van der Waals surface area contributed by atoms with Gasteiger partial charge in [0.2, 0.25) is 0 Å². The van der Waals surface area contributed by atoms with E-state index in [4.69, 9.17) is 4.74 Å². The van der Waals surface area contributed by atoms with Crippen LogP contribution in [0, 0.1) is 5.41 Å². The zero-order valence-corrected chi connectivity index (χ0v) is 9.62. The molecule has 0 saturated carbocycles. The summed E-state index contributed by atoms with van der Waals surface area (Å²) in [5.41, 5.74) is -0.450. The van der Waals surface area contributed by atoms with E-state index >= 15 is 0 Å². The maximum absolute atomic E-state index is 11.0. The zero-order valence-electron chi connectivity index (χ0n) is 9.62. The minimum atomic E-state index is -0.450. The number of ether oxygens (including phenoxy) is 1. The topological polar surface area (TPSA) is 43.4 Å². The molecule has 0 unspecified atom stereocenters. The zero-order chi connectivity index (χ0) is 11.7. The predicted octanol–water partition coefficient (Wildman–Crippen LogP) is 2.50. The van der Waals surface area contributed by atoms with Gasteiger partial charge in [0.05, 0.1) is 6.61 Å². The monoisotopic (exact) mass is 212 g/mol. The fourth-order valence-corrected chi connectivity index (χ4v) is 1.22. The molecular weight excluding hydrogens is 192 g/mol. The van der Waals surface area contributed by atoms with Crippen LogP contribution in [0.3, 0.4) is 0 Å². The van der Waals surface area contributed by atoms with Crippen LogP contribution in [0.5, 0.6) is 0 Å². The minimum Gasteiger partial charge on any atom is -0.466 e. The third-order valence-electron chi connectivity index (χ3n) is 2.39. The number of hydrogen-bond donors (Lipinski definition) is 0. The molecule has 3 nitrogen and oxygen atoms in total. The standard InChI is InChI=1S/C12H20O3/c1-4-12(3,10-13)9-7-6-8-11(14)15-5-2/h4,10H,1,5-9H2,2-3H3/t12-/m1/s1. The molecule has 0 heterocycles. The van der Waals surface area contributed by atoms with Gasteiger partial charge in [-0.2, -0.15) is 0 Å². The fourth-order valence-electron chi connectivity index (χ4n) is 1.22. The van der Waals surface area contributed by atoms with E-state index in [1.807, 2.05) is 6.92 Å². The Morgan fingerprint density at radius 2 is 2.13 bits per heavy atom. The number of carbonyl (C=O) groups is 2. The van der Waals surface area contributed by atoms with Crippen LogP contribution in [0.15, 0.2) is 12.7 Å². The Labute approximate surface area is 91.5 Å². The largest absolute Gasteiger partial charge is 0.466 e. The Hall–Kier alpha value is -1.12. The highest BCUT2D eigenvalue weighted by molar-refractivity contribution is 5.69. The Balaban J connectivity index is 3.66. The summed E-state index contributed by atoms with van der Waals surface area (Å²) in [4.78, 5) is 21.7. The van der Waals surface area contributed by atoms with E-state index in [1.165, 1.54) is 0 Å². The van der Waals surface area contributed by atoms with Gasteiger partial charge in [-0.05, 0) is 26.7 Å². The first-order chi connectivity index (χ1) is 7.08.